The molecule has 0 bridgehead atoms. The first-order valence-corrected chi connectivity index (χ1v) is 11.2. The fraction of sp³-hybridized carbons (Fsp3) is 0.0870. The molecule has 1 heterocycles. The van der Waals surface area contributed by atoms with Crippen LogP contribution in [-0.2, 0) is 9.84 Å². The van der Waals surface area contributed by atoms with E-state index < -0.39 is 16.3 Å². The van der Waals surface area contributed by atoms with Gasteiger partial charge in [-0.15, -0.1) is 0 Å². The van der Waals surface area contributed by atoms with Crippen molar-refractivity contribution in [1.82, 2.24) is 9.78 Å². The highest BCUT2D eigenvalue weighted by Crippen LogP contribution is 2.35. The molecule has 0 spiro atoms. The highest BCUT2D eigenvalue weighted by atomic mass is 32.2. The number of aromatic nitrogens is 2. The number of aromatic hydroxyl groups is 1. The van der Waals surface area contributed by atoms with E-state index in [1.165, 1.54) is 35.0 Å². The number of benzene rings is 3. The Kier molecular flexibility index (Phi) is 5.32. The summed E-state index contributed by atoms with van der Waals surface area (Å²) in [6, 6.07) is 21.1. The molecule has 5 nitrogen and oxygen atoms in total. The monoisotopic (exact) mass is 440 g/mol. The van der Waals surface area contributed by atoms with Crippen molar-refractivity contribution < 1.29 is 22.3 Å². The second kappa shape index (κ2) is 7.96. The summed E-state index contributed by atoms with van der Waals surface area (Å²) in [5.74, 6) is 0.0536. The van der Waals surface area contributed by atoms with Crippen LogP contribution in [0.2, 0.25) is 0 Å². The van der Waals surface area contributed by atoms with Crippen molar-refractivity contribution in [2.75, 3.05) is 6.26 Å². The number of phenolic OH excluding ortho intramolecular Hbond substituents is 1. The Hall–Kier alpha value is -3.52. The SMILES string of the molecule is CS(=O)(=O)c1ccc(-c2ccccc2-c2cc(C(F)F)nn2-c2ccc(O)cc2)cc1. The quantitative estimate of drug-likeness (QED) is 0.460. The van der Waals surface area contributed by atoms with Crippen molar-refractivity contribution >= 4 is 9.84 Å². The van der Waals surface area contributed by atoms with Crippen molar-refractivity contribution in [1.29, 1.82) is 0 Å². The minimum absolute atomic E-state index is 0.0536. The summed E-state index contributed by atoms with van der Waals surface area (Å²) in [5, 5.41) is 13.6. The number of nitrogens with zero attached hydrogens (tertiary/aromatic N) is 2. The Balaban J connectivity index is 1.89. The Morgan fingerprint density at radius 2 is 1.52 bits per heavy atom. The summed E-state index contributed by atoms with van der Waals surface area (Å²) < 4.78 is 51.9. The molecule has 0 amide bonds. The summed E-state index contributed by atoms with van der Waals surface area (Å²) in [7, 11) is -3.33. The summed E-state index contributed by atoms with van der Waals surface area (Å²) in [4.78, 5) is 0.197. The molecule has 1 aromatic heterocycles. The lowest BCUT2D eigenvalue weighted by atomic mass is 9.97. The zero-order chi connectivity index (χ0) is 22.2. The number of phenols is 1. The average Bonchev–Trinajstić information content (AvgIpc) is 3.19. The molecule has 0 aliphatic heterocycles. The van der Waals surface area contributed by atoms with Gasteiger partial charge >= 0.3 is 0 Å². The first-order chi connectivity index (χ1) is 14.7. The normalized spacial score (nSPS) is 11.7. The first kappa shape index (κ1) is 20.7. The minimum Gasteiger partial charge on any atom is -0.508 e. The zero-order valence-electron chi connectivity index (χ0n) is 16.4. The number of hydrogen-bond donors (Lipinski definition) is 1. The number of halogens is 2. The number of alkyl halides is 2. The van der Waals surface area contributed by atoms with Crippen LogP contribution in [0.3, 0.4) is 0 Å². The fourth-order valence-corrected chi connectivity index (χ4v) is 3.96. The second-order valence-electron chi connectivity index (χ2n) is 7.03. The third-order valence-corrected chi connectivity index (χ3v) is 5.97. The van der Waals surface area contributed by atoms with Gasteiger partial charge in [-0.1, -0.05) is 36.4 Å². The van der Waals surface area contributed by atoms with Gasteiger partial charge in [-0.05, 0) is 53.6 Å². The molecule has 8 heteroatoms. The first-order valence-electron chi connectivity index (χ1n) is 9.31. The van der Waals surface area contributed by atoms with Crippen LogP contribution in [0.4, 0.5) is 8.78 Å². The van der Waals surface area contributed by atoms with Gasteiger partial charge in [0.05, 0.1) is 16.3 Å². The largest absolute Gasteiger partial charge is 0.508 e. The Labute approximate surface area is 178 Å². The molecule has 0 atom stereocenters. The number of hydrogen-bond acceptors (Lipinski definition) is 4. The van der Waals surface area contributed by atoms with E-state index >= 15 is 0 Å². The van der Waals surface area contributed by atoms with Crippen LogP contribution in [0, 0.1) is 0 Å². The van der Waals surface area contributed by atoms with Crippen LogP contribution in [0.1, 0.15) is 12.1 Å². The van der Waals surface area contributed by atoms with E-state index in [1.54, 1.807) is 36.4 Å². The maximum absolute atomic E-state index is 13.5. The van der Waals surface area contributed by atoms with E-state index in [9.17, 15) is 22.3 Å². The van der Waals surface area contributed by atoms with Crippen molar-refractivity contribution in [2.24, 2.45) is 0 Å². The fourth-order valence-electron chi connectivity index (χ4n) is 3.33. The van der Waals surface area contributed by atoms with Gasteiger partial charge in [-0.2, -0.15) is 5.10 Å². The predicted octanol–water partition coefficient (Wildman–Crippen LogP) is 5.25. The molecule has 0 fully saturated rings. The van der Waals surface area contributed by atoms with Gasteiger partial charge < -0.3 is 5.11 Å². The molecule has 0 saturated carbocycles. The van der Waals surface area contributed by atoms with Crippen LogP contribution >= 0.6 is 0 Å². The van der Waals surface area contributed by atoms with Crippen LogP contribution in [0.15, 0.2) is 83.8 Å². The molecule has 0 unspecified atom stereocenters. The third-order valence-electron chi connectivity index (χ3n) is 4.84. The molecular weight excluding hydrogens is 422 g/mol. The zero-order valence-corrected chi connectivity index (χ0v) is 17.2. The van der Waals surface area contributed by atoms with Crippen molar-refractivity contribution in [3.05, 3.63) is 84.6 Å². The van der Waals surface area contributed by atoms with Crippen molar-refractivity contribution in [3.8, 4) is 33.8 Å². The molecule has 158 valence electrons. The maximum atomic E-state index is 13.5. The highest BCUT2D eigenvalue weighted by molar-refractivity contribution is 7.90. The molecule has 0 radical (unpaired) electrons. The van der Waals surface area contributed by atoms with Crippen LogP contribution in [0.5, 0.6) is 5.75 Å². The summed E-state index contributed by atoms with van der Waals surface area (Å²) in [6.07, 6.45) is -1.61. The number of sulfone groups is 1. The molecule has 0 aliphatic rings. The minimum atomic E-state index is -3.33. The van der Waals surface area contributed by atoms with Crippen LogP contribution < -0.4 is 0 Å². The molecular formula is C23H18F2N2O3S. The van der Waals surface area contributed by atoms with E-state index in [4.69, 9.17) is 0 Å². The molecule has 0 aliphatic carbocycles. The van der Waals surface area contributed by atoms with Gasteiger partial charge in [-0.25, -0.2) is 21.9 Å². The van der Waals surface area contributed by atoms with E-state index in [1.807, 2.05) is 12.1 Å². The lowest BCUT2D eigenvalue weighted by Gasteiger charge is -2.13. The molecule has 4 rings (SSSR count). The predicted molar refractivity (Wildman–Crippen MR) is 114 cm³/mol. The van der Waals surface area contributed by atoms with Gasteiger partial charge in [0.25, 0.3) is 6.43 Å². The summed E-state index contributed by atoms with van der Waals surface area (Å²) in [6.45, 7) is 0. The van der Waals surface area contributed by atoms with Gasteiger partial charge in [0.15, 0.2) is 9.84 Å². The Morgan fingerprint density at radius 3 is 2.10 bits per heavy atom. The second-order valence-corrected chi connectivity index (χ2v) is 9.04. The van der Waals surface area contributed by atoms with Gasteiger partial charge in [-0.3, -0.25) is 0 Å². The third kappa shape index (κ3) is 4.20. The Morgan fingerprint density at radius 1 is 0.903 bits per heavy atom. The molecule has 3 aromatic carbocycles. The van der Waals surface area contributed by atoms with E-state index in [-0.39, 0.29) is 16.3 Å². The highest BCUT2D eigenvalue weighted by Gasteiger charge is 2.20. The van der Waals surface area contributed by atoms with Gasteiger partial charge in [0.1, 0.15) is 11.4 Å². The standard InChI is InChI=1S/C23H18F2N2O3S/c1-31(29,30)18-12-6-15(7-13-18)19-4-2-3-5-20(19)22-14-21(23(24)25)26-27(22)16-8-10-17(28)11-9-16/h2-14,23,28H,1H3. The maximum Gasteiger partial charge on any atom is 0.282 e. The Bertz CT molecular complexity index is 1330. The smallest absolute Gasteiger partial charge is 0.282 e. The van der Waals surface area contributed by atoms with E-state index in [0.29, 0.717) is 16.9 Å². The topological polar surface area (TPSA) is 72.2 Å². The lowest BCUT2D eigenvalue weighted by Crippen LogP contribution is -2.00. The van der Waals surface area contributed by atoms with Crippen molar-refractivity contribution in [3.63, 3.8) is 0 Å². The summed E-state index contributed by atoms with van der Waals surface area (Å²) in [5.41, 5.74) is 2.72. The number of rotatable bonds is 5. The molecule has 31 heavy (non-hydrogen) atoms. The average molecular weight is 440 g/mol. The van der Waals surface area contributed by atoms with Crippen LogP contribution in [-0.4, -0.2) is 29.6 Å². The van der Waals surface area contributed by atoms with Gasteiger partial charge in [0.2, 0.25) is 0 Å². The van der Waals surface area contributed by atoms with Crippen LogP contribution in [0.25, 0.3) is 28.1 Å². The van der Waals surface area contributed by atoms with E-state index in [2.05, 4.69) is 5.10 Å². The molecule has 4 aromatic rings. The molecule has 0 saturated heterocycles. The van der Waals surface area contributed by atoms with E-state index in [0.717, 1.165) is 17.4 Å². The molecule has 1 N–H and O–H groups in total. The summed E-state index contributed by atoms with van der Waals surface area (Å²) >= 11 is 0. The van der Waals surface area contributed by atoms with Crippen molar-refractivity contribution in [2.45, 2.75) is 11.3 Å². The lowest BCUT2D eigenvalue weighted by molar-refractivity contribution is 0.145. The van der Waals surface area contributed by atoms with Gasteiger partial charge in [0, 0.05) is 11.8 Å².